The molecule has 11 heteroatoms. The maximum atomic E-state index is 12.9. The van der Waals surface area contributed by atoms with Crippen LogP contribution in [-0.2, 0) is 9.59 Å². The molecular weight excluding hydrogens is 531 g/mol. The molecule has 2 N–H and O–H groups in total. The number of carbonyl (C=O) groups is 3. The molecule has 3 aromatic rings. The van der Waals surface area contributed by atoms with E-state index in [9.17, 15) is 14.4 Å². The standard InChI is InChI=1S/C26H23N3O5S3/c1-3-33-20-13-17(10-11-19(20)34-15-23(30)27-18-8-5-4-7-16(18)2)14-22-25(32)29(26(35)37-22)28-24(31)21-9-6-12-36-21/h4-14H,3,15H2,1-2H3,(H,27,30)(H,28,31)/b22-14-. The summed E-state index contributed by atoms with van der Waals surface area (Å²) in [5, 5.41) is 5.67. The highest BCUT2D eigenvalue weighted by atomic mass is 32.2. The van der Waals surface area contributed by atoms with Crippen LogP contribution >= 0.6 is 35.3 Å². The number of benzene rings is 2. The third-order valence-corrected chi connectivity index (χ3v) is 7.27. The Morgan fingerprint density at radius 3 is 2.62 bits per heavy atom. The first kappa shape index (κ1) is 26.4. The molecule has 0 spiro atoms. The topological polar surface area (TPSA) is 97.0 Å². The van der Waals surface area contributed by atoms with Gasteiger partial charge in [0.15, 0.2) is 22.4 Å². The normalized spacial score (nSPS) is 14.1. The molecular formula is C26H23N3O5S3. The van der Waals surface area contributed by atoms with Gasteiger partial charge in [0.25, 0.3) is 17.7 Å². The van der Waals surface area contributed by atoms with Gasteiger partial charge in [0, 0.05) is 5.69 Å². The second kappa shape index (κ2) is 12.0. The minimum absolute atomic E-state index is 0.198. The summed E-state index contributed by atoms with van der Waals surface area (Å²) in [7, 11) is 0. The Bertz CT molecular complexity index is 1370. The number of thiocarbonyl (C=S) groups is 1. The van der Waals surface area contributed by atoms with Gasteiger partial charge in [0.2, 0.25) is 0 Å². The lowest BCUT2D eigenvalue weighted by Gasteiger charge is -2.14. The molecule has 0 saturated carbocycles. The van der Waals surface area contributed by atoms with E-state index in [0.29, 0.717) is 33.5 Å². The van der Waals surface area contributed by atoms with E-state index in [-0.39, 0.29) is 16.8 Å². The van der Waals surface area contributed by atoms with Gasteiger partial charge in [-0.25, -0.2) is 0 Å². The smallest absolute Gasteiger partial charge is 0.285 e. The molecule has 1 aliphatic heterocycles. The van der Waals surface area contributed by atoms with Crippen molar-refractivity contribution >= 4 is 69.1 Å². The van der Waals surface area contributed by atoms with Crippen LogP contribution in [0.5, 0.6) is 11.5 Å². The molecule has 3 amide bonds. The number of nitrogens with one attached hydrogen (secondary N) is 2. The summed E-state index contributed by atoms with van der Waals surface area (Å²) in [5.41, 5.74) is 4.90. The van der Waals surface area contributed by atoms with Gasteiger partial charge in [-0.3, -0.25) is 19.8 Å². The first-order valence-electron chi connectivity index (χ1n) is 11.2. The summed E-state index contributed by atoms with van der Waals surface area (Å²) in [4.78, 5) is 38.5. The van der Waals surface area contributed by atoms with E-state index < -0.39 is 11.8 Å². The zero-order chi connectivity index (χ0) is 26.4. The molecule has 4 rings (SSSR count). The fraction of sp³-hybridized carbons (Fsp3) is 0.154. The Hall–Kier alpha value is -3.67. The molecule has 1 aliphatic rings. The molecule has 1 fully saturated rings. The number of rotatable bonds is 9. The van der Waals surface area contributed by atoms with Crippen LogP contribution in [0, 0.1) is 6.92 Å². The van der Waals surface area contributed by atoms with E-state index in [4.69, 9.17) is 21.7 Å². The fourth-order valence-electron chi connectivity index (χ4n) is 3.32. The van der Waals surface area contributed by atoms with Crippen LogP contribution in [0.4, 0.5) is 5.69 Å². The maximum Gasteiger partial charge on any atom is 0.285 e. The summed E-state index contributed by atoms with van der Waals surface area (Å²) < 4.78 is 11.7. The van der Waals surface area contributed by atoms with Gasteiger partial charge in [-0.2, -0.15) is 5.01 Å². The van der Waals surface area contributed by atoms with Gasteiger partial charge in [-0.1, -0.05) is 42.1 Å². The second-order valence-corrected chi connectivity index (χ2v) is 10.3. The Morgan fingerprint density at radius 1 is 1.08 bits per heavy atom. The number of ether oxygens (including phenoxy) is 2. The molecule has 0 aliphatic carbocycles. The predicted octanol–water partition coefficient (Wildman–Crippen LogP) is 5.02. The first-order chi connectivity index (χ1) is 17.9. The number of hydrogen-bond acceptors (Lipinski definition) is 8. The molecule has 2 aromatic carbocycles. The van der Waals surface area contributed by atoms with Crippen molar-refractivity contribution in [2.24, 2.45) is 0 Å². The number of para-hydroxylation sites is 1. The van der Waals surface area contributed by atoms with Crippen molar-refractivity contribution in [3.05, 3.63) is 80.9 Å². The highest BCUT2D eigenvalue weighted by molar-refractivity contribution is 8.26. The van der Waals surface area contributed by atoms with Crippen LogP contribution in [0.15, 0.2) is 64.9 Å². The lowest BCUT2D eigenvalue weighted by Crippen LogP contribution is -2.44. The van der Waals surface area contributed by atoms with Crippen molar-refractivity contribution in [3.63, 3.8) is 0 Å². The van der Waals surface area contributed by atoms with Crippen LogP contribution in [0.25, 0.3) is 6.08 Å². The Labute approximate surface area is 227 Å². The summed E-state index contributed by atoms with van der Waals surface area (Å²) in [5.74, 6) is -0.296. The molecule has 0 atom stereocenters. The minimum Gasteiger partial charge on any atom is -0.490 e. The number of amides is 3. The van der Waals surface area contributed by atoms with Gasteiger partial charge in [-0.15, -0.1) is 11.3 Å². The van der Waals surface area contributed by atoms with E-state index >= 15 is 0 Å². The summed E-state index contributed by atoms with van der Waals surface area (Å²) >= 11 is 7.65. The zero-order valence-electron chi connectivity index (χ0n) is 20.0. The Kier molecular flexibility index (Phi) is 8.59. The quantitative estimate of drug-likeness (QED) is 0.284. The maximum absolute atomic E-state index is 12.9. The van der Waals surface area contributed by atoms with Crippen LogP contribution in [-0.4, -0.2) is 40.3 Å². The Balaban J connectivity index is 1.44. The van der Waals surface area contributed by atoms with Crippen LogP contribution in [0.2, 0.25) is 0 Å². The Morgan fingerprint density at radius 2 is 1.89 bits per heavy atom. The number of thioether (sulfide) groups is 1. The highest BCUT2D eigenvalue weighted by Crippen LogP contribution is 2.34. The number of carbonyl (C=O) groups excluding carboxylic acids is 3. The van der Waals surface area contributed by atoms with Gasteiger partial charge < -0.3 is 14.8 Å². The number of aryl methyl sites for hydroxylation is 1. The largest absolute Gasteiger partial charge is 0.490 e. The number of hydrogen-bond donors (Lipinski definition) is 2. The van der Waals surface area contributed by atoms with E-state index in [0.717, 1.165) is 28.0 Å². The SMILES string of the molecule is CCOc1cc(/C=C2\SC(=S)N(NC(=O)c3cccs3)C2=O)ccc1OCC(=O)Nc1ccccc1C. The number of thiophene rings is 1. The fourth-order valence-corrected chi connectivity index (χ4v) is 5.12. The van der Waals surface area contributed by atoms with Gasteiger partial charge in [0.05, 0.1) is 16.4 Å². The predicted molar refractivity (Wildman–Crippen MR) is 150 cm³/mol. The molecule has 1 aromatic heterocycles. The van der Waals surface area contributed by atoms with Crippen molar-refractivity contribution in [1.29, 1.82) is 0 Å². The second-order valence-electron chi connectivity index (χ2n) is 7.73. The van der Waals surface area contributed by atoms with Crippen molar-refractivity contribution < 1.29 is 23.9 Å². The summed E-state index contributed by atoms with van der Waals surface area (Å²) in [6.45, 7) is 3.93. The van der Waals surface area contributed by atoms with Crippen molar-refractivity contribution in [2.45, 2.75) is 13.8 Å². The van der Waals surface area contributed by atoms with Gasteiger partial charge in [-0.05, 0) is 72.9 Å². The van der Waals surface area contributed by atoms with Crippen LogP contribution < -0.4 is 20.2 Å². The molecule has 0 unspecified atom stereocenters. The number of hydrazine groups is 1. The third kappa shape index (κ3) is 6.56. The average Bonchev–Trinajstić information content (AvgIpc) is 3.50. The average molecular weight is 554 g/mol. The molecule has 37 heavy (non-hydrogen) atoms. The van der Waals surface area contributed by atoms with E-state index in [2.05, 4.69) is 10.7 Å². The molecule has 2 heterocycles. The highest BCUT2D eigenvalue weighted by Gasteiger charge is 2.34. The molecule has 8 nitrogen and oxygen atoms in total. The molecule has 190 valence electrons. The molecule has 0 radical (unpaired) electrons. The molecule has 1 saturated heterocycles. The first-order valence-corrected chi connectivity index (χ1v) is 13.3. The molecule has 0 bridgehead atoms. The summed E-state index contributed by atoms with van der Waals surface area (Å²) in [6, 6.07) is 16.0. The van der Waals surface area contributed by atoms with Crippen LogP contribution in [0.1, 0.15) is 27.7 Å². The van der Waals surface area contributed by atoms with E-state index in [1.54, 1.807) is 41.8 Å². The van der Waals surface area contributed by atoms with Gasteiger partial charge >= 0.3 is 0 Å². The van der Waals surface area contributed by atoms with E-state index in [1.165, 1.54) is 11.3 Å². The summed E-state index contributed by atoms with van der Waals surface area (Å²) in [6.07, 6.45) is 1.66. The van der Waals surface area contributed by atoms with Crippen LogP contribution in [0.3, 0.4) is 0 Å². The van der Waals surface area contributed by atoms with E-state index in [1.807, 2.05) is 38.1 Å². The van der Waals surface area contributed by atoms with Gasteiger partial charge in [0.1, 0.15) is 0 Å². The minimum atomic E-state index is -0.425. The zero-order valence-corrected chi connectivity index (χ0v) is 22.4. The van der Waals surface area contributed by atoms with Crippen molar-refractivity contribution in [1.82, 2.24) is 10.4 Å². The number of nitrogens with zero attached hydrogens (tertiary/aromatic N) is 1. The lowest BCUT2D eigenvalue weighted by molar-refractivity contribution is -0.123. The van der Waals surface area contributed by atoms with Crippen molar-refractivity contribution in [2.75, 3.05) is 18.5 Å². The third-order valence-electron chi connectivity index (χ3n) is 5.10. The monoisotopic (exact) mass is 553 g/mol. The van der Waals surface area contributed by atoms with Crippen molar-refractivity contribution in [3.8, 4) is 11.5 Å². The number of anilines is 1. The lowest BCUT2D eigenvalue weighted by atomic mass is 10.2.